The lowest BCUT2D eigenvalue weighted by Gasteiger charge is -2.60. The minimum atomic E-state index is -0.526. The molecule has 1 aromatic carbocycles. The van der Waals surface area contributed by atoms with Crippen molar-refractivity contribution in [3.8, 4) is 11.5 Å². The van der Waals surface area contributed by atoms with E-state index in [2.05, 4.69) is 43.4 Å². The summed E-state index contributed by atoms with van der Waals surface area (Å²) in [5.74, 6) is 0.985. The number of halogens is 1. The summed E-state index contributed by atoms with van der Waals surface area (Å²) in [4.78, 5) is 12.3. The van der Waals surface area contributed by atoms with Crippen molar-refractivity contribution in [3.05, 3.63) is 23.3 Å². The molecule has 178 valence electrons. The van der Waals surface area contributed by atoms with Gasteiger partial charge in [-0.05, 0) is 50.2 Å². The number of hydrogen-bond acceptors (Lipinski definition) is 6. The van der Waals surface area contributed by atoms with Gasteiger partial charge in [0.25, 0.3) is 0 Å². The van der Waals surface area contributed by atoms with Crippen molar-refractivity contribution in [1.82, 2.24) is 0 Å². The Labute approximate surface area is 204 Å². The predicted molar refractivity (Wildman–Crippen MR) is 130 cm³/mol. The molecule has 1 aromatic rings. The van der Waals surface area contributed by atoms with Crippen LogP contribution in [0.2, 0.25) is 0 Å². The normalized spacial score (nSPS) is 33.1. The monoisotopic (exact) mass is 558 g/mol. The second-order valence-electron chi connectivity index (χ2n) is 9.64. The maximum atomic E-state index is 12.3. The molecule has 2 aliphatic heterocycles. The lowest BCUT2D eigenvalue weighted by atomic mass is 9.54. The fourth-order valence-electron chi connectivity index (χ4n) is 5.99. The second-order valence-corrected chi connectivity index (χ2v) is 11.1. The highest BCUT2D eigenvalue weighted by molar-refractivity contribution is 14.1. The number of alkyl halides is 1. The van der Waals surface area contributed by atoms with E-state index in [1.165, 1.54) is 13.5 Å². The van der Waals surface area contributed by atoms with Crippen molar-refractivity contribution < 1.29 is 28.5 Å². The van der Waals surface area contributed by atoms with Gasteiger partial charge in [0.05, 0.1) is 36.9 Å². The first-order valence-electron chi connectivity index (χ1n) is 11.6. The van der Waals surface area contributed by atoms with E-state index in [9.17, 15) is 4.79 Å². The minimum Gasteiger partial charge on any atom is -0.496 e. The summed E-state index contributed by atoms with van der Waals surface area (Å²) in [6, 6.07) is 3.59. The smallest absolute Gasteiger partial charge is 0.338 e. The van der Waals surface area contributed by atoms with Gasteiger partial charge in [0.1, 0.15) is 17.1 Å². The zero-order valence-electron chi connectivity index (χ0n) is 19.8. The molecular weight excluding hydrogens is 523 g/mol. The van der Waals surface area contributed by atoms with Crippen molar-refractivity contribution in [2.45, 2.75) is 74.6 Å². The summed E-state index contributed by atoms with van der Waals surface area (Å²) in [5, 5.41) is 0. The predicted octanol–water partition coefficient (Wildman–Crippen LogP) is 5.33. The van der Waals surface area contributed by atoms with Crippen LogP contribution in [-0.4, -0.2) is 48.7 Å². The minimum absolute atomic E-state index is 0.0856. The number of esters is 1. The van der Waals surface area contributed by atoms with Crippen LogP contribution in [-0.2, 0) is 20.6 Å². The first kappa shape index (κ1) is 24.1. The SMILES string of the molecule is CCC1(CC[C@@]23Oc4cc(C(=O)OC)cc(OC)c4C[C@]2(C)[C@@H](C)CC[C@H]3I)OCCO1. The van der Waals surface area contributed by atoms with Crippen molar-refractivity contribution in [2.24, 2.45) is 11.3 Å². The second kappa shape index (κ2) is 8.95. The molecule has 2 fully saturated rings. The molecule has 0 amide bonds. The summed E-state index contributed by atoms with van der Waals surface area (Å²) in [5.41, 5.74) is 1.00. The molecular formula is C25H35IO6. The van der Waals surface area contributed by atoms with Crippen molar-refractivity contribution in [1.29, 1.82) is 0 Å². The van der Waals surface area contributed by atoms with Gasteiger partial charge in [-0.2, -0.15) is 0 Å². The highest BCUT2D eigenvalue weighted by atomic mass is 127. The molecule has 7 heteroatoms. The van der Waals surface area contributed by atoms with Crippen LogP contribution in [0.15, 0.2) is 12.1 Å². The number of hydrogen-bond donors (Lipinski definition) is 0. The average molecular weight is 558 g/mol. The molecule has 0 N–H and O–H groups in total. The van der Waals surface area contributed by atoms with Gasteiger partial charge in [0.15, 0.2) is 5.79 Å². The van der Waals surface area contributed by atoms with Crippen LogP contribution in [0.25, 0.3) is 0 Å². The zero-order valence-corrected chi connectivity index (χ0v) is 22.0. The van der Waals surface area contributed by atoms with Crippen molar-refractivity contribution in [3.63, 3.8) is 0 Å². The molecule has 4 atom stereocenters. The quantitative estimate of drug-likeness (QED) is 0.267. The van der Waals surface area contributed by atoms with Crippen LogP contribution in [0.3, 0.4) is 0 Å². The summed E-state index contributed by atoms with van der Waals surface area (Å²) in [6.07, 6.45) is 5.54. The Morgan fingerprint density at radius 1 is 1.19 bits per heavy atom. The Balaban J connectivity index is 1.79. The average Bonchev–Trinajstić information content (AvgIpc) is 3.28. The molecule has 32 heavy (non-hydrogen) atoms. The third-order valence-corrected chi connectivity index (χ3v) is 9.92. The summed E-state index contributed by atoms with van der Waals surface area (Å²) in [6.45, 7) is 8.13. The van der Waals surface area contributed by atoms with E-state index in [0.717, 1.165) is 43.4 Å². The molecule has 2 heterocycles. The van der Waals surface area contributed by atoms with Crippen LogP contribution >= 0.6 is 22.6 Å². The number of ether oxygens (including phenoxy) is 5. The van der Waals surface area contributed by atoms with Gasteiger partial charge in [0.2, 0.25) is 0 Å². The Bertz CT molecular complexity index is 866. The van der Waals surface area contributed by atoms with Crippen LogP contribution in [0, 0.1) is 11.3 Å². The topological polar surface area (TPSA) is 63.2 Å². The molecule has 0 bridgehead atoms. The number of benzene rings is 1. The van der Waals surface area contributed by atoms with E-state index < -0.39 is 17.4 Å². The fourth-order valence-corrected chi connectivity index (χ4v) is 7.49. The van der Waals surface area contributed by atoms with Crippen LogP contribution in [0.4, 0.5) is 0 Å². The maximum Gasteiger partial charge on any atom is 0.338 e. The van der Waals surface area contributed by atoms with E-state index in [1.807, 2.05) is 6.07 Å². The molecule has 0 unspecified atom stereocenters. The standard InChI is InChI=1S/C25H35IO6/c1-6-24(30-11-12-31-24)9-10-25-21(26)8-7-16(2)23(25,3)15-18-19(28-4)13-17(22(27)29-5)14-20(18)32-25/h13-14,16,21H,6-12,15H2,1-5H3/t16-,21+,23+,25-/m0/s1. The van der Waals surface area contributed by atoms with Gasteiger partial charge in [0, 0.05) is 17.4 Å². The molecule has 1 saturated carbocycles. The van der Waals surface area contributed by atoms with Crippen molar-refractivity contribution in [2.75, 3.05) is 27.4 Å². The van der Waals surface area contributed by atoms with Crippen molar-refractivity contribution >= 4 is 28.6 Å². The van der Waals surface area contributed by atoms with Gasteiger partial charge < -0.3 is 23.7 Å². The lowest BCUT2D eigenvalue weighted by Crippen LogP contribution is -2.65. The number of fused-ring (bicyclic) bond motifs is 2. The molecule has 6 nitrogen and oxygen atoms in total. The summed E-state index contributed by atoms with van der Waals surface area (Å²) >= 11 is 2.58. The Hall–Kier alpha value is -1.06. The first-order valence-corrected chi connectivity index (χ1v) is 12.9. The number of rotatable bonds is 6. The summed E-state index contributed by atoms with van der Waals surface area (Å²) < 4.78 is 30.2. The molecule has 1 aliphatic carbocycles. The van der Waals surface area contributed by atoms with Gasteiger partial charge >= 0.3 is 5.97 Å². The third kappa shape index (κ3) is 3.72. The van der Waals surface area contributed by atoms with E-state index in [0.29, 0.717) is 34.4 Å². The van der Waals surface area contributed by atoms with Gasteiger partial charge in [-0.25, -0.2) is 4.79 Å². The van der Waals surface area contributed by atoms with Gasteiger partial charge in [-0.1, -0.05) is 43.4 Å². The van der Waals surface area contributed by atoms with Crippen LogP contribution in [0.5, 0.6) is 11.5 Å². The molecule has 1 saturated heterocycles. The lowest BCUT2D eigenvalue weighted by molar-refractivity contribution is -0.187. The molecule has 0 radical (unpaired) electrons. The Morgan fingerprint density at radius 3 is 2.53 bits per heavy atom. The van der Waals surface area contributed by atoms with Gasteiger partial charge in [-0.3, -0.25) is 0 Å². The number of carbonyl (C=O) groups excluding carboxylic acids is 1. The summed E-state index contributed by atoms with van der Waals surface area (Å²) in [7, 11) is 3.04. The van der Waals surface area contributed by atoms with Crippen LogP contribution < -0.4 is 9.47 Å². The molecule has 0 aromatic heterocycles. The van der Waals surface area contributed by atoms with Gasteiger partial charge in [-0.15, -0.1) is 0 Å². The molecule has 3 aliphatic rings. The fraction of sp³-hybridized carbons (Fsp3) is 0.720. The van der Waals surface area contributed by atoms with Crippen LogP contribution in [0.1, 0.15) is 68.8 Å². The maximum absolute atomic E-state index is 12.3. The number of methoxy groups -OCH3 is 2. The Kier molecular flexibility index (Phi) is 6.73. The zero-order chi connectivity index (χ0) is 23.1. The number of carbonyl (C=O) groups is 1. The largest absolute Gasteiger partial charge is 0.496 e. The Morgan fingerprint density at radius 2 is 1.91 bits per heavy atom. The highest BCUT2D eigenvalue weighted by Crippen LogP contribution is 2.61. The van der Waals surface area contributed by atoms with E-state index in [1.54, 1.807) is 13.2 Å². The van der Waals surface area contributed by atoms with E-state index in [-0.39, 0.29) is 5.41 Å². The van der Waals surface area contributed by atoms with E-state index >= 15 is 0 Å². The molecule has 0 spiro atoms. The molecule has 4 rings (SSSR count). The highest BCUT2D eigenvalue weighted by Gasteiger charge is 2.62. The van der Waals surface area contributed by atoms with E-state index in [4.69, 9.17) is 23.7 Å². The first-order chi connectivity index (χ1) is 15.2. The third-order valence-electron chi connectivity index (χ3n) is 8.29.